The number of thiophene rings is 1. The number of amides is 2. The van der Waals surface area contributed by atoms with Gasteiger partial charge in [0.1, 0.15) is 15.5 Å². The number of ether oxygens (including phenoxy) is 1. The summed E-state index contributed by atoms with van der Waals surface area (Å²) in [5, 5.41) is 11.8. The number of anilines is 1. The number of aryl methyl sites for hydroxylation is 2. The Bertz CT molecular complexity index is 1200. The van der Waals surface area contributed by atoms with Crippen LogP contribution in [0.1, 0.15) is 38.2 Å². The number of alkyl halides is 2. The Balaban J connectivity index is 1.36. The van der Waals surface area contributed by atoms with Crippen LogP contribution in [0.5, 0.6) is 5.75 Å². The summed E-state index contributed by atoms with van der Waals surface area (Å²) >= 11 is 1.18. The molecular weight excluding hydrogens is 440 g/mol. The van der Waals surface area contributed by atoms with Gasteiger partial charge in [0, 0.05) is 31.0 Å². The molecule has 1 aliphatic heterocycles. The van der Waals surface area contributed by atoms with Gasteiger partial charge in [0.25, 0.3) is 11.8 Å². The molecule has 1 saturated heterocycles. The van der Waals surface area contributed by atoms with Gasteiger partial charge in [-0.2, -0.15) is 13.9 Å². The maximum absolute atomic E-state index is 12.9. The van der Waals surface area contributed by atoms with E-state index in [0.29, 0.717) is 41.0 Å². The van der Waals surface area contributed by atoms with Crippen LogP contribution in [-0.4, -0.2) is 52.2 Å². The summed E-state index contributed by atoms with van der Waals surface area (Å²) in [6.45, 7) is 5.02. The van der Waals surface area contributed by atoms with E-state index in [4.69, 9.17) is 5.73 Å². The quantitative estimate of drug-likeness (QED) is 0.604. The third kappa shape index (κ3) is 4.20. The lowest BCUT2D eigenvalue weighted by atomic mass is 10.1. The van der Waals surface area contributed by atoms with E-state index in [2.05, 4.69) is 20.3 Å². The number of carbonyl (C=O) groups excluding carboxylic acids is 2. The van der Waals surface area contributed by atoms with Gasteiger partial charge in [0.05, 0.1) is 17.4 Å². The molecule has 3 aromatic rings. The fourth-order valence-corrected chi connectivity index (χ4v) is 4.45. The maximum Gasteiger partial charge on any atom is 0.394 e. The number of fused-ring (bicyclic) bond motifs is 1. The topological polar surface area (TPSA) is 110 Å². The zero-order valence-corrected chi connectivity index (χ0v) is 18.4. The highest BCUT2D eigenvalue weighted by Crippen LogP contribution is 2.35. The minimum Gasteiger partial charge on any atom is -0.433 e. The molecule has 1 aromatic carbocycles. The summed E-state index contributed by atoms with van der Waals surface area (Å²) < 4.78 is 30.3. The minimum atomic E-state index is -3.30. The van der Waals surface area contributed by atoms with E-state index in [0.717, 1.165) is 16.6 Å². The standard InChI is InChI=1S/C21H21F2N5O3S/c1-10-11(2)26-27-19-15(10)16(24)17(32-19)18(29)25-13-8-28(9-13)20(30)12-4-6-14(7-5-12)31-21(3,22)23/h4-7,13H,8-9,24H2,1-3H3,(H,25,29). The number of nitrogens with one attached hydrogen (secondary N) is 1. The molecule has 0 aliphatic carbocycles. The van der Waals surface area contributed by atoms with Crippen LogP contribution in [0.3, 0.4) is 0 Å². The number of nitrogens with two attached hydrogens (primary N) is 1. The van der Waals surface area contributed by atoms with Crippen molar-refractivity contribution in [3.05, 3.63) is 46.0 Å². The normalized spacial score (nSPS) is 14.3. The van der Waals surface area contributed by atoms with Crippen LogP contribution in [0.25, 0.3) is 10.2 Å². The van der Waals surface area contributed by atoms with E-state index in [-0.39, 0.29) is 23.6 Å². The SMILES string of the molecule is Cc1nnc2sc(C(=O)NC3CN(C(=O)c4ccc(OC(C)(F)F)cc4)C3)c(N)c2c1C. The number of hydrogen-bond donors (Lipinski definition) is 2. The Morgan fingerprint density at radius 2 is 1.88 bits per heavy atom. The van der Waals surface area contributed by atoms with Gasteiger partial charge in [-0.05, 0) is 43.7 Å². The zero-order chi connectivity index (χ0) is 23.2. The minimum absolute atomic E-state index is 0.0288. The fourth-order valence-electron chi connectivity index (χ4n) is 3.45. The third-order valence-corrected chi connectivity index (χ3v) is 6.33. The van der Waals surface area contributed by atoms with E-state index in [1.54, 1.807) is 4.90 Å². The molecule has 1 aliphatic rings. The molecule has 0 unspecified atom stereocenters. The molecule has 0 radical (unpaired) electrons. The van der Waals surface area contributed by atoms with E-state index >= 15 is 0 Å². The van der Waals surface area contributed by atoms with Crippen molar-refractivity contribution in [2.45, 2.75) is 32.9 Å². The van der Waals surface area contributed by atoms with Crippen molar-refractivity contribution in [1.29, 1.82) is 0 Å². The molecule has 0 atom stereocenters. The molecule has 4 rings (SSSR count). The smallest absolute Gasteiger partial charge is 0.394 e. The third-order valence-electron chi connectivity index (χ3n) is 5.24. The maximum atomic E-state index is 12.9. The number of benzene rings is 1. The first kappa shape index (κ1) is 21.9. The van der Waals surface area contributed by atoms with Crippen molar-refractivity contribution >= 4 is 39.1 Å². The molecule has 3 N–H and O–H groups in total. The van der Waals surface area contributed by atoms with Crippen LogP contribution in [-0.2, 0) is 0 Å². The van der Waals surface area contributed by atoms with Gasteiger partial charge >= 0.3 is 6.11 Å². The predicted octanol–water partition coefficient (Wildman–Crippen LogP) is 3.14. The van der Waals surface area contributed by atoms with Crippen LogP contribution < -0.4 is 15.8 Å². The van der Waals surface area contributed by atoms with Crippen molar-refractivity contribution in [1.82, 2.24) is 20.4 Å². The van der Waals surface area contributed by atoms with Crippen LogP contribution in [0.2, 0.25) is 0 Å². The monoisotopic (exact) mass is 461 g/mol. The molecular formula is C21H21F2N5O3S. The number of aromatic nitrogens is 2. The molecule has 0 bridgehead atoms. The number of likely N-dealkylation sites (tertiary alicyclic amines) is 1. The molecule has 11 heteroatoms. The molecule has 1 fully saturated rings. The zero-order valence-electron chi connectivity index (χ0n) is 17.6. The van der Waals surface area contributed by atoms with Gasteiger partial charge in [0.2, 0.25) is 0 Å². The lowest BCUT2D eigenvalue weighted by Crippen LogP contribution is -2.60. The Kier molecular flexibility index (Phi) is 5.45. The molecule has 0 spiro atoms. The highest BCUT2D eigenvalue weighted by atomic mass is 32.1. The Morgan fingerprint density at radius 3 is 2.50 bits per heavy atom. The largest absolute Gasteiger partial charge is 0.433 e. The first-order chi connectivity index (χ1) is 15.0. The molecule has 168 valence electrons. The molecule has 8 nitrogen and oxygen atoms in total. The van der Waals surface area contributed by atoms with Crippen molar-refractivity contribution in [3.8, 4) is 5.75 Å². The van der Waals surface area contributed by atoms with E-state index in [1.807, 2.05) is 13.8 Å². The van der Waals surface area contributed by atoms with E-state index in [9.17, 15) is 18.4 Å². The molecule has 2 amide bonds. The number of nitrogens with zero attached hydrogens (tertiary/aromatic N) is 3. The first-order valence-electron chi connectivity index (χ1n) is 9.82. The predicted molar refractivity (Wildman–Crippen MR) is 116 cm³/mol. The Morgan fingerprint density at radius 1 is 1.22 bits per heavy atom. The van der Waals surface area contributed by atoms with Crippen LogP contribution in [0.4, 0.5) is 14.5 Å². The second kappa shape index (κ2) is 7.97. The summed E-state index contributed by atoms with van der Waals surface area (Å²) in [4.78, 5) is 27.8. The Hall–Kier alpha value is -3.34. The van der Waals surface area contributed by atoms with Crippen LogP contribution in [0.15, 0.2) is 24.3 Å². The highest BCUT2D eigenvalue weighted by molar-refractivity contribution is 7.21. The molecule has 0 saturated carbocycles. The second-order valence-electron chi connectivity index (χ2n) is 7.75. The number of nitrogen functional groups attached to an aromatic ring is 1. The molecule has 32 heavy (non-hydrogen) atoms. The summed E-state index contributed by atoms with van der Waals surface area (Å²) in [6.07, 6.45) is -3.30. The van der Waals surface area contributed by atoms with Gasteiger partial charge < -0.3 is 20.7 Å². The summed E-state index contributed by atoms with van der Waals surface area (Å²) in [5.74, 6) is -0.603. The van der Waals surface area contributed by atoms with Crippen LogP contribution in [0, 0.1) is 13.8 Å². The average molecular weight is 461 g/mol. The van der Waals surface area contributed by atoms with Crippen LogP contribution >= 0.6 is 11.3 Å². The van der Waals surface area contributed by atoms with Crippen molar-refractivity contribution in [2.24, 2.45) is 0 Å². The second-order valence-corrected chi connectivity index (χ2v) is 8.75. The summed E-state index contributed by atoms with van der Waals surface area (Å²) in [6, 6.07) is 5.28. The van der Waals surface area contributed by atoms with Gasteiger partial charge in [-0.3, -0.25) is 9.59 Å². The van der Waals surface area contributed by atoms with Gasteiger partial charge in [-0.1, -0.05) is 0 Å². The van der Waals surface area contributed by atoms with Gasteiger partial charge in [-0.25, -0.2) is 0 Å². The van der Waals surface area contributed by atoms with Crippen molar-refractivity contribution < 1.29 is 23.1 Å². The number of carbonyl (C=O) groups is 2. The highest BCUT2D eigenvalue weighted by Gasteiger charge is 2.33. The average Bonchev–Trinajstić information content (AvgIpc) is 3.03. The van der Waals surface area contributed by atoms with E-state index < -0.39 is 6.11 Å². The number of halogens is 2. The lowest BCUT2D eigenvalue weighted by molar-refractivity contribution is -0.158. The van der Waals surface area contributed by atoms with Gasteiger partial charge in [0.15, 0.2) is 0 Å². The van der Waals surface area contributed by atoms with E-state index in [1.165, 1.54) is 35.6 Å². The summed E-state index contributed by atoms with van der Waals surface area (Å²) in [7, 11) is 0. The first-order valence-corrected chi connectivity index (χ1v) is 10.6. The fraction of sp³-hybridized carbons (Fsp3) is 0.333. The lowest BCUT2D eigenvalue weighted by Gasteiger charge is -2.39. The van der Waals surface area contributed by atoms with Crippen molar-refractivity contribution in [3.63, 3.8) is 0 Å². The Labute approximate surface area is 186 Å². The summed E-state index contributed by atoms with van der Waals surface area (Å²) in [5.41, 5.74) is 8.58. The molecule has 2 aromatic heterocycles. The molecule has 3 heterocycles. The number of rotatable bonds is 5. The van der Waals surface area contributed by atoms with Crippen molar-refractivity contribution in [2.75, 3.05) is 18.8 Å². The number of hydrogen-bond acceptors (Lipinski definition) is 7. The van der Waals surface area contributed by atoms with Gasteiger partial charge in [-0.15, -0.1) is 16.4 Å².